The molecule has 0 spiro atoms. The molecule has 0 amide bonds. The summed E-state index contributed by atoms with van der Waals surface area (Å²) in [6.07, 6.45) is 4.54. The minimum Gasteiger partial charge on any atom is -0.490 e. The largest absolute Gasteiger partial charge is 0.490 e. The molecular weight excluding hydrogens is 326 g/mol. The fourth-order valence-corrected chi connectivity index (χ4v) is 3.18. The van der Waals surface area contributed by atoms with Gasteiger partial charge < -0.3 is 14.0 Å². The predicted molar refractivity (Wildman–Crippen MR) is 89.1 cm³/mol. The zero-order valence-corrected chi connectivity index (χ0v) is 13.9. The standard InChI is InChI=1S/C17H17N3O3S/c1-3-13(22-14-5-7-21-8-6-14)4-2-12(1)17-19-16(23-20-17)9-15-10-18-11-24-15/h1-4,10-11,14H,5-9H2. The van der Waals surface area contributed by atoms with Crippen LogP contribution in [0.5, 0.6) is 5.75 Å². The molecule has 2 aromatic heterocycles. The summed E-state index contributed by atoms with van der Waals surface area (Å²) in [5, 5.41) is 4.05. The molecule has 1 aliphatic heterocycles. The van der Waals surface area contributed by atoms with Crippen LogP contribution >= 0.6 is 11.3 Å². The first-order valence-electron chi connectivity index (χ1n) is 7.91. The average Bonchev–Trinajstić information content (AvgIpc) is 3.29. The molecule has 4 rings (SSSR count). The molecule has 3 heterocycles. The van der Waals surface area contributed by atoms with E-state index in [0.29, 0.717) is 18.1 Å². The lowest BCUT2D eigenvalue weighted by Crippen LogP contribution is -2.25. The van der Waals surface area contributed by atoms with Crippen molar-refractivity contribution in [2.24, 2.45) is 0 Å². The molecule has 24 heavy (non-hydrogen) atoms. The molecule has 1 saturated heterocycles. The Hall–Kier alpha value is -2.25. The van der Waals surface area contributed by atoms with Gasteiger partial charge in [0.15, 0.2) is 0 Å². The van der Waals surface area contributed by atoms with Gasteiger partial charge in [-0.3, -0.25) is 4.98 Å². The monoisotopic (exact) mass is 343 g/mol. The molecule has 0 N–H and O–H groups in total. The highest BCUT2D eigenvalue weighted by Gasteiger charge is 2.15. The zero-order chi connectivity index (χ0) is 16.2. The van der Waals surface area contributed by atoms with Gasteiger partial charge in [-0.05, 0) is 24.3 Å². The van der Waals surface area contributed by atoms with E-state index in [9.17, 15) is 0 Å². The number of rotatable bonds is 5. The number of hydrogen-bond acceptors (Lipinski definition) is 7. The summed E-state index contributed by atoms with van der Waals surface area (Å²) in [6, 6.07) is 7.81. The van der Waals surface area contributed by atoms with Crippen molar-refractivity contribution in [3.05, 3.63) is 46.7 Å². The van der Waals surface area contributed by atoms with Crippen LogP contribution in [0.25, 0.3) is 11.4 Å². The van der Waals surface area contributed by atoms with Crippen molar-refractivity contribution in [1.29, 1.82) is 0 Å². The Kier molecular flexibility index (Phi) is 4.53. The Morgan fingerprint density at radius 2 is 2.00 bits per heavy atom. The fourth-order valence-electron chi connectivity index (χ4n) is 2.59. The van der Waals surface area contributed by atoms with Crippen LogP contribution in [0.2, 0.25) is 0 Å². The fraction of sp³-hybridized carbons (Fsp3) is 0.353. The van der Waals surface area contributed by atoms with Gasteiger partial charge in [0.05, 0.1) is 25.1 Å². The van der Waals surface area contributed by atoms with Crippen LogP contribution in [-0.4, -0.2) is 34.4 Å². The Balaban J connectivity index is 1.42. The summed E-state index contributed by atoms with van der Waals surface area (Å²) in [6.45, 7) is 1.54. The molecule has 1 aliphatic rings. The van der Waals surface area contributed by atoms with Crippen molar-refractivity contribution in [3.63, 3.8) is 0 Å². The lowest BCUT2D eigenvalue weighted by Gasteiger charge is -2.23. The maximum absolute atomic E-state index is 5.97. The van der Waals surface area contributed by atoms with Gasteiger partial charge in [-0.2, -0.15) is 4.98 Å². The van der Waals surface area contributed by atoms with Crippen LogP contribution < -0.4 is 4.74 Å². The topological polar surface area (TPSA) is 70.3 Å². The molecular formula is C17H17N3O3S. The summed E-state index contributed by atoms with van der Waals surface area (Å²) in [5.41, 5.74) is 2.71. The lowest BCUT2D eigenvalue weighted by atomic mass is 10.1. The first kappa shape index (κ1) is 15.3. The van der Waals surface area contributed by atoms with Crippen LogP contribution in [-0.2, 0) is 11.2 Å². The van der Waals surface area contributed by atoms with E-state index in [2.05, 4.69) is 15.1 Å². The highest BCUT2D eigenvalue weighted by Crippen LogP contribution is 2.23. The number of benzene rings is 1. The average molecular weight is 343 g/mol. The first-order valence-corrected chi connectivity index (χ1v) is 8.79. The highest BCUT2D eigenvalue weighted by molar-refractivity contribution is 7.09. The van der Waals surface area contributed by atoms with Crippen molar-refractivity contribution in [3.8, 4) is 17.1 Å². The molecule has 0 bridgehead atoms. The summed E-state index contributed by atoms with van der Waals surface area (Å²) < 4.78 is 16.6. The van der Waals surface area contributed by atoms with Crippen molar-refractivity contribution in [2.45, 2.75) is 25.4 Å². The third-order valence-electron chi connectivity index (χ3n) is 3.86. The second-order valence-electron chi connectivity index (χ2n) is 5.61. The maximum atomic E-state index is 5.97. The van der Waals surface area contributed by atoms with E-state index < -0.39 is 0 Å². The SMILES string of the molecule is c1ncc(Cc2nc(-c3ccc(OC4CCOCC4)cc3)no2)s1. The Bertz CT molecular complexity index is 765. The van der Waals surface area contributed by atoms with Crippen LogP contribution in [0.3, 0.4) is 0 Å². The molecule has 1 fully saturated rings. The van der Waals surface area contributed by atoms with Gasteiger partial charge in [0.25, 0.3) is 0 Å². The number of ether oxygens (including phenoxy) is 2. The summed E-state index contributed by atoms with van der Waals surface area (Å²) in [7, 11) is 0. The molecule has 1 aromatic carbocycles. The van der Waals surface area contributed by atoms with Gasteiger partial charge >= 0.3 is 0 Å². The van der Waals surface area contributed by atoms with Crippen molar-refractivity contribution < 1.29 is 14.0 Å². The van der Waals surface area contributed by atoms with E-state index >= 15 is 0 Å². The number of nitrogens with zero attached hydrogens (tertiary/aromatic N) is 3. The lowest BCUT2D eigenvalue weighted by molar-refractivity contribution is 0.0256. The number of thiazole rings is 1. The molecule has 3 aromatic rings. The molecule has 0 aliphatic carbocycles. The molecule has 124 valence electrons. The van der Waals surface area contributed by atoms with Crippen LogP contribution in [0.1, 0.15) is 23.6 Å². The van der Waals surface area contributed by atoms with Crippen LogP contribution in [0, 0.1) is 0 Å². The van der Waals surface area contributed by atoms with E-state index in [1.165, 1.54) is 0 Å². The predicted octanol–water partition coefficient (Wildman–Crippen LogP) is 3.34. The zero-order valence-electron chi connectivity index (χ0n) is 13.1. The molecule has 6 nitrogen and oxygen atoms in total. The molecule has 0 radical (unpaired) electrons. The number of hydrogen-bond donors (Lipinski definition) is 0. The van der Waals surface area contributed by atoms with Gasteiger partial charge in [-0.25, -0.2) is 0 Å². The number of aromatic nitrogens is 3. The smallest absolute Gasteiger partial charge is 0.232 e. The van der Waals surface area contributed by atoms with Gasteiger partial charge in [0.2, 0.25) is 11.7 Å². The van der Waals surface area contributed by atoms with Gasteiger partial charge in [0, 0.05) is 29.5 Å². The second kappa shape index (κ2) is 7.11. The summed E-state index contributed by atoms with van der Waals surface area (Å²) >= 11 is 1.58. The Morgan fingerprint density at radius 1 is 1.17 bits per heavy atom. The third-order valence-corrected chi connectivity index (χ3v) is 4.64. The van der Waals surface area contributed by atoms with Crippen LogP contribution in [0.4, 0.5) is 0 Å². The third kappa shape index (κ3) is 3.63. The molecule has 7 heteroatoms. The van der Waals surface area contributed by atoms with Crippen molar-refractivity contribution in [1.82, 2.24) is 15.1 Å². The Morgan fingerprint density at radius 3 is 2.75 bits per heavy atom. The van der Waals surface area contributed by atoms with E-state index in [1.807, 2.05) is 30.5 Å². The van der Waals surface area contributed by atoms with Gasteiger partial charge in [0.1, 0.15) is 11.9 Å². The maximum Gasteiger partial charge on any atom is 0.232 e. The normalized spacial score (nSPS) is 15.5. The molecule has 0 atom stereocenters. The van der Waals surface area contributed by atoms with E-state index in [-0.39, 0.29) is 6.10 Å². The van der Waals surface area contributed by atoms with E-state index in [1.54, 1.807) is 16.8 Å². The van der Waals surface area contributed by atoms with Crippen molar-refractivity contribution >= 4 is 11.3 Å². The van der Waals surface area contributed by atoms with E-state index in [0.717, 1.165) is 42.2 Å². The summed E-state index contributed by atoms with van der Waals surface area (Å²) in [5.74, 6) is 2.04. The highest BCUT2D eigenvalue weighted by atomic mass is 32.1. The Labute approximate surface area is 143 Å². The first-order chi connectivity index (χ1) is 11.9. The van der Waals surface area contributed by atoms with Gasteiger partial charge in [-0.15, -0.1) is 11.3 Å². The van der Waals surface area contributed by atoms with Crippen molar-refractivity contribution in [2.75, 3.05) is 13.2 Å². The second-order valence-corrected chi connectivity index (χ2v) is 6.58. The quantitative estimate of drug-likeness (QED) is 0.707. The summed E-state index contributed by atoms with van der Waals surface area (Å²) in [4.78, 5) is 9.59. The van der Waals surface area contributed by atoms with Gasteiger partial charge in [-0.1, -0.05) is 5.16 Å². The molecule has 0 saturated carbocycles. The molecule has 0 unspecified atom stereocenters. The minimum atomic E-state index is 0.237. The minimum absolute atomic E-state index is 0.237. The van der Waals surface area contributed by atoms with E-state index in [4.69, 9.17) is 14.0 Å². The van der Waals surface area contributed by atoms with Crippen LogP contribution in [0.15, 0.2) is 40.5 Å².